The Labute approximate surface area is 126 Å². The molecular formula is C14H16N6O2. The van der Waals surface area contributed by atoms with Crippen molar-refractivity contribution >= 4 is 16.9 Å². The molecule has 114 valence electrons. The fraction of sp³-hybridized carbons (Fsp3) is 0.357. The van der Waals surface area contributed by atoms with Crippen molar-refractivity contribution in [3.05, 3.63) is 34.8 Å². The molecule has 0 saturated carbocycles. The summed E-state index contributed by atoms with van der Waals surface area (Å²) in [6.45, 7) is 5.59. The molecule has 0 saturated heterocycles. The molecule has 0 spiro atoms. The number of pyridine rings is 1. The molecule has 0 radical (unpaired) electrons. The van der Waals surface area contributed by atoms with E-state index in [2.05, 4.69) is 25.6 Å². The van der Waals surface area contributed by atoms with Gasteiger partial charge in [-0.05, 0) is 19.9 Å². The fourth-order valence-corrected chi connectivity index (χ4v) is 2.41. The van der Waals surface area contributed by atoms with Gasteiger partial charge in [-0.1, -0.05) is 0 Å². The van der Waals surface area contributed by atoms with Gasteiger partial charge in [0.05, 0.1) is 23.2 Å². The van der Waals surface area contributed by atoms with E-state index in [0.717, 1.165) is 16.8 Å². The van der Waals surface area contributed by atoms with Crippen molar-refractivity contribution in [2.24, 2.45) is 7.05 Å². The van der Waals surface area contributed by atoms with Crippen LogP contribution >= 0.6 is 0 Å². The van der Waals surface area contributed by atoms with Gasteiger partial charge in [-0.2, -0.15) is 5.10 Å². The molecular weight excluding hydrogens is 284 g/mol. The molecule has 0 unspecified atom stereocenters. The molecule has 0 atom stereocenters. The van der Waals surface area contributed by atoms with Gasteiger partial charge >= 0.3 is 0 Å². The van der Waals surface area contributed by atoms with Crippen molar-refractivity contribution in [3.63, 3.8) is 0 Å². The summed E-state index contributed by atoms with van der Waals surface area (Å²) in [5, 5.41) is 15.5. The fourth-order valence-electron chi connectivity index (χ4n) is 2.41. The topological polar surface area (TPSA) is 98.7 Å². The van der Waals surface area contributed by atoms with Crippen molar-refractivity contribution in [2.45, 2.75) is 27.3 Å². The third-order valence-corrected chi connectivity index (χ3v) is 3.31. The SMILES string of the molecule is Cc1cc(C(=O)NCc2nnc(C)o2)c2c(C)nn(C)c2n1. The van der Waals surface area contributed by atoms with Crippen LogP contribution in [0.15, 0.2) is 10.5 Å². The zero-order chi connectivity index (χ0) is 15.9. The van der Waals surface area contributed by atoms with Crippen molar-refractivity contribution in [2.75, 3.05) is 0 Å². The Morgan fingerprint density at radius 3 is 2.77 bits per heavy atom. The first-order valence-corrected chi connectivity index (χ1v) is 6.84. The van der Waals surface area contributed by atoms with E-state index < -0.39 is 0 Å². The summed E-state index contributed by atoms with van der Waals surface area (Å²) in [5.74, 6) is 0.618. The molecule has 0 aliphatic heterocycles. The van der Waals surface area contributed by atoms with Gasteiger partial charge < -0.3 is 9.73 Å². The van der Waals surface area contributed by atoms with E-state index in [1.807, 2.05) is 20.9 Å². The van der Waals surface area contributed by atoms with Crippen molar-refractivity contribution in [1.29, 1.82) is 0 Å². The number of hydrogen-bond donors (Lipinski definition) is 1. The standard InChI is InChI=1S/C14H16N6O2/c1-7-5-10(12-8(2)19-20(4)13(12)16-7)14(21)15-6-11-18-17-9(3)22-11/h5H,6H2,1-4H3,(H,15,21). The van der Waals surface area contributed by atoms with Crippen LogP contribution in [0.5, 0.6) is 0 Å². The van der Waals surface area contributed by atoms with Crippen LogP contribution in [0, 0.1) is 20.8 Å². The molecule has 3 heterocycles. The number of hydrogen-bond acceptors (Lipinski definition) is 6. The van der Waals surface area contributed by atoms with Crippen molar-refractivity contribution < 1.29 is 9.21 Å². The summed E-state index contributed by atoms with van der Waals surface area (Å²) >= 11 is 0. The van der Waals surface area contributed by atoms with E-state index in [-0.39, 0.29) is 12.5 Å². The van der Waals surface area contributed by atoms with Crippen LogP contribution in [0.2, 0.25) is 0 Å². The van der Waals surface area contributed by atoms with E-state index in [4.69, 9.17) is 4.42 Å². The highest BCUT2D eigenvalue weighted by Gasteiger charge is 2.18. The normalized spacial score (nSPS) is 11.1. The van der Waals surface area contributed by atoms with Crippen molar-refractivity contribution in [1.82, 2.24) is 30.3 Å². The Morgan fingerprint density at radius 1 is 1.32 bits per heavy atom. The van der Waals surface area contributed by atoms with Gasteiger partial charge in [0, 0.05) is 19.7 Å². The molecule has 8 heteroatoms. The molecule has 0 bridgehead atoms. The molecule has 0 aromatic carbocycles. The minimum absolute atomic E-state index is 0.182. The lowest BCUT2D eigenvalue weighted by molar-refractivity contribution is 0.0948. The molecule has 1 N–H and O–H groups in total. The number of carbonyl (C=O) groups excluding carboxylic acids is 1. The lowest BCUT2D eigenvalue weighted by atomic mass is 10.1. The Balaban J connectivity index is 1.93. The molecule has 3 aromatic heterocycles. The molecule has 0 fully saturated rings. The predicted molar refractivity (Wildman–Crippen MR) is 78.2 cm³/mol. The maximum atomic E-state index is 12.5. The van der Waals surface area contributed by atoms with Gasteiger partial charge in [0.2, 0.25) is 11.8 Å². The first-order valence-electron chi connectivity index (χ1n) is 6.84. The molecule has 22 heavy (non-hydrogen) atoms. The van der Waals surface area contributed by atoms with Crippen LogP contribution in [0.1, 0.15) is 33.5 Å². The largest absolute Gasteiger partial charge is 0.424 e. The lowest BCUT2D eigenvalue weighted by Crippen LogP contribution is -2.23. The zero-order valence-corrected chi connectivity index (χ0v) is 12.8. The molecule has 0 aliphatic rings. The van der Waals surface area contributed by atoms with Crippen LogP contribution in [0.4, 0.5) is 0 Å². The highest BCUT2D eigenvalue weighted by atomic mass is 16.4. The average molecular weight is 300 g/mol. The first kappa shape index (κ1) is 14.2. The van der Waals surface area contributed by atoms with E-state index in [9.17, 15) is 4.79 Å². The number of aromatic nitrogens is 5. The van der Waals surface area contributed by atoms with Crippen molar-refractivity contribution in [3.8, 4) is 0 Å². The number of nitrogens with one attached hydrogen (secondary N) is 1. The number of nitrogens with zero attached hydrogens (tertiary/aromatic N) is 5. The predicted octanol–water partition coefficient (Wildman–Crippen LogP) is 1.21. The lowest BCUT2D eigenvalue weighted by Gasteiger charge is -2.06. The number of rotatable bonds is 3. The van der Waals surface area contributed by atoms with Gasteiger partial charge in [-0.15, -0.1) is 10.2 Å². The Morgan fingerprint density at radius 2 is 2.09 bits per heavy atom. The van der Waals surface area contributed by atoms with E-state index in [0.29, 0.717) is 23.0 Å². The van der Waals surface area contributed by atoms with Gasteiger partial charge in [0.1, 0.15) is 0 Å². The van der Waals surface area contributed by atoms with Gasteiger partial charge in [-0.25, -0.2) is 4.98 Å². The maximum absolute atomic E-state index is 12.5. The van der Waals surface area contributed by atoms with Gasteiger partial charge in [-0.3, -0.25) is 9.48 Å². The number of fused-ring (bicyclic) bond motifs is 1. The summed E-state index contributed by atoms with van der Waals surface area (Å²) in [6.07, 6.45) is 0. The highest BCUT2D eigenvalue weighted by Crippen LogP contribution is 2.21. The minimum Gasteiger partial charge on any atom is -0.424 e. The summed E-state index contributed by atoms with van der Waals surface area (Å²) < 4.78 is 6.92. The average Bonchev–Trinajstić information content (AvgIpc) is 3.00. The van der Waals surface area contributed by atoms with Crippen LogP contribution in [-0.4, -0.2) is 30.9 Å². The minimum atomic E-state index is -0.220. The van der Waals surface area contributed by atoms with E-state index in [1.54, 1.807) is 17.7 Å². The molecule has 3 aromatic rings. The zero-order valence-electron chi connectivity index (χ0n) is 12.8. The third-order valence-electron chi connectivity index (χ3n) is 3.31. The van der Waals surface area contributed by atoms with Crippen LogP contribution in [0.3, 0.4) is 0 Å². The quantitative estimate of drug-likeness (QED) is 0.780. The van der Waals surface area contributed by atoms with E-state index >= 15 is 0 Å². The van der Waals surface area contributed by atoms with Gasteiger partial charge in [0.25, 0.3) is 5.91 Å². The molecule has 1 amide bonds. The number of aryl methyl sites for hydroxylation is 4. The second-order valence-electron chi connectivity index (χ2n) is 5.12. The van der Waals surface area contributed by atoms with Gasteiger partial charge in [0.15, 0.2) is 5.65 Å². The highest BCUT2D eigenvalue weighted by molar-refractivity contribution is 6.06. The summed E-state index contributed by atoms with van der Waals surface area (Å²) in [4.78, 5) is 16.9. The second kappa shape index (κ2) is 5.21. The van der Waals surface area contributed by atoms with Crippen LogP contribution in [0.25, 0.3) is 11.0 Å². The molecule has 8 nitrogen and oxygen atoms in total. The smallest absolute Gasteiger partial charge is 0.252 e. The first-order chi connectivity index (χ1) is 10.5. The molecule has 0 aliphatic carbocycles. The Kier molecular flexibility index (Phi) is 3.36. The van der Waals surface area contributed by atoms with Crippen LogP contribution < -0.4 is 5.32 Å². The van der Waals surface area contributed by atoms with Crippen LogP contribution in [-0.2, 0) is 13.6 Å². The molecule has 3 rings (SSSR count). The maximum Gasteiger partial charge on any atom is 0.252 e. The monoisotopic (exact) mass is 300 g/mol. The summed E-state index contributed by atoms with van der Waals surface area (Å²) in [7, 11) is 1.81. The Hall–Kier alpha value is -2.77. The number of carbonyl (C=O) groups is 1. The third kappa shape index (κ3) is 2.43. The number of amides is 1. The van der Waals surface area contributed by atoms with E-state index in [1.165, 1.54) is 0 Å². The summed E-state index contributed by atoms with van der Waals surface area (Å²) in [5.41, 5.74) is 2.76. The second-order valence-corrected chi connectivity index (χ2v) is 5.12. The Bertz CT molecular complexity index is 864. The summed E-state index contributed by atoms with van der Waals surface area (Å²) in [6, 6.07) is 1.76.